The Kier molecular flexibility index (Phi) is 49.1. The van der Waals surface area contributed by atoms with Crippen LogP contribution in [0.4, 0.5) is 0 Å². The van der Waals surface area contributed by atoms with Crippen molar-refractivity contribution in [2.75, 3.05) is 99.1 Å². The van der Waals surface area contributed by atoms with E-state index in [1.54, 1.807) is 48.5 Å². The number of hydrogen-bond donors (Lipinski definition) is 9. The van der Waals surface area contributed by atoms with E-state index >= 15 is 0 Å². The number of aliphatic hydroxyl groups excluding tert-OH is 7. The lowest BCUT2D eigenvalue weighted by atomic mass is 9.88. The van der Waals surface area contributed by atoms with Gasteiger partial charge in [-0.2, -0.15) is 0 Å². The molecule has 9 N–H and O–H groups in total. The summed E-state index contributed by atoms with van der Waals surface area (Å²) in [4.78, 5) is 187. The number of hydrogen-bond acceptors (Lipinski definition) is 32. The van der Waals surface area contributed by atoms with E-state index in [1.165, 1.54) is 101 Å². The molecular weight excluding hydrogens is 1480 g/mol. The van der Waals surface area contributed by atoms with Gasteiger partial charge in [0.25, 0.3) is 0 Å². The molecule has 112 heavy (non-hydrogen) atoms. The molecule has 0 spiro atoms. The summed E-state index contributed by atoms with van der Waals surface area (Å²) in [5.74, 6) is -11.2. The van der Waals surface area contributed by atoms with Crippen LogP contribution in [0.3, 0.4) is 0 Å². The molecule has 34 nitrogen and oxygen atoms in total. The highest BCUT2D eigenvalue weighted by Gasteiger charge is 2.38. The average molecular weight is 1590 g/mol. The number of Topliss-reactive ketones (excluding diaryl/α,β-unsaturated/α-hetero) is 5. The molecule has 0 radical (unpaired) electrons. The number of esters is 9. The number of carboxylic acids is 2. The monoisotopic (exact) mass is 1590 g/mol. The normalized spacial score (nSPS) is 11.1. The Morgan fingerprint density at radius 3 is 0.643 bits per heavy atom. The van der Waals surface area contributed by atoms with Crippen LogP contribution in [0.5, 0.6) is 0 Å². The highest BCUT2D eigenvalue weighted by molar-refractivity contribution is 5.99. The molecule has 34 heteroatoms. The minimum atomic E-state index is -1.25. The van der Waals surface area contributed by atoms with Gasteiger partial charge >= 0.3 is 65.7 Å². The van der Waals surface area contributed by atoms with E-state index in [1.807, 2.05) is 6.92 Å². The fourth-order valence-corrected chi connectivity index (χ4v) is 8.35. The molecule has 0 heterocycles. The summed E-state index contributed by atoms with van der Waals surface area (Å²) in [5, 5.41) is 80.6. The zero-order valence-corrected chi connectivity index (χ0v) is 65.8. The number of carbonyl (C=O) groups excluding carboxylic acids is 14. The first kappa shape index (κ1) is 104. The highest BCUT2D eigenvalue weighted by Crippen LogP contribution is 2.29. The van der Waals surface area contributed by atoms with Gasteiger partial charge in [-0.3, -0.25) is 47.9 Å². The quantitative estimate of drug-likeness (QED) is 0.0194. The number of ketones is 5. The van der Waals surface area contributed by atoms with Gasteiger partial charge in [0, 0.05) is 5.41 Å². The Balaban J connectivity index is 0. The number of aliphatic hydroxyl groups is 7. The van der Waals surface area contributed by atoms with Gasteiger partial charge in [0.1, 0.15) is 119 Å². The Morgan fingerprint density at radius 1 is 0.277 bits per heavy atom. The van der Waals surface area contributed by atoms with Gasteiger partial charge in [0.15, 0.2) is 0 Å². The van der Waals surface area contributed by atoms with E-state index in [0.29, 0.717) is 19.3 Å². The van der Waals surface area contributed by atoms with Gasteiger partial charge in [-0.1, -0.05) is 52.8 Å². The minimum Gasteiger partial charge on any atom is -0.478 e. The first-order valence-electron chi connectivity index (χ1n) is 35.4. The van der Waals surface area contributed by atoms with E-state index in [2.05, 4.69) is 0 Å². The smallest absolute Gasteiger partial charge is 0.338 e. The van der Waals surface area contributed by atoms with Crippen molar-refractivity contribution in [2.45, 2.75) is 160 Å². The van der Waals surface area contributed by atoms with Gasteiger partial charge in [0.05, 0.1) is 101 Å². The zero-order chi connectivity index (χ0) is 86.2. The maximum atomic E-state index is 13.1. The van der Waals surface area contributed by atoms with Crippen molar-refractivity contribution in [2.24, 2.45) is 27.1 Å². The summed E-state index contributed by atoms with van der Waals surface area (Å²) in [6.07, 6.45) is -0.341. The van der Waals surface area contributed by atoms with Crippen molar-refractivity contribution < 1.29 is 165 Å². The van der Waals surface area contributed by atoms with E-state index in [0.717, 1.165) is 6.07 Å². The summed E-state index contributed by atoms with van der Waals surface area (Å²) < 4.78 is 47.1. The molecule has 0 saturated carbocycles. The highest BCUT2D eigenvalue weighted by atomic mass is 16.6. The molecule has 3 aromatic carbocycles. The number of ether oxygens (including phenoxy) is 9. The third-order valence-electron chi connectivity index (χ3n) is 16.7. The summed E-state index contributed by atoms with van der Waals surface area (Å²) in [6.45, 7) is 15.7. The van der Waals surface area contributed by atoms with E-state index in [9.17, 15) is 97.1 Å². The summed E-state index contributed by atoms with van der Waals surface area (Å²) in [5.41, 5.74) is -5.44. The number of carbonyl (C=O) groups is 16. The number of carboxylic acid groups (broad SMARTS) is 2. The predicted octanol–water partition coefficient (Wildman–Crippen LogP) is 5.39. The van der Waals surface area contributed by atoms with Gasteiger partial charge in [-0.05, 0) is 142 Å². The Bertz CT molecular complexity index is 3300. The first-order valence-corrected chi connectivity index (χ1v) is 35.4. The van der Waals surface area contributed by atoms with E-state index in [-0.39, 0.29) is 118 Å². The van der Waals surface area contributed by atoms with E-state index < -0.39 is 187 Å². The van der Waals surface area contributed by atoms with Gasteiger partial charge in [-0.15, -0.1) is 0 Å². The Morgan fingerprint density at radius 2 is 0.464 bits per heavy atom. The number of aromatic carboxylic acids is 2. The fraction of sp³-hybridized carbons (Fsp3) is 0.564. The molecule has 0 bridgehead atoms. The zero-order valence-electron chi connectivity index (χ0n) is 65.8. The lowest BCUT2D eigenvalue weighted by Gasteiger charge is -2.31. The van der Waals surface area contributed by atoms with Crippen LogP contribution in [0.15, 0.2) is 72.8 Å². The molecule has 0 atom stereocenters. The van der Waals surface area contributed by atoms with Gasteiger partial charge in [-0.25, -0.2) is 28.8 Å². The number of rotatable bonds is 44. The van der Waals surface area contributed by atoms with Crippen LogP contribution in [0.1, 0.15) is 216 Å². The maximum Gasteiger partial charge on any atom is 0.338 e. The van der Waals surface area contributed by atoms with Crippen LogP contribution in [0.25, 0.3) is 0 Å². The lowest BCUT2D eigenvalue weighted by Crippen LogP contribution is -2.39. The second kappa shape index (κ2) is 53.0. The summed E-state index contributed by atoms with van der Waals surface area (Å²) in [6, 6.07) is 16.2. The van der Waals surface area contributed by atoms with Crippen LogP contribution in [-0.4, -0.2) is 245 Å². The van der Waals surface area contributed by atoms with Crippen LogP contribution < -0.4 is 0 Å². The van der Waals surface area contributed by atoms with Crippen molar-refractivity contribution in [3.8, 4) is 0 Å². The van der Waals surface area contributed by atoms with Crippen LogP contribution >= 0.6 is 0 Å². The van der Waals surface area contributed by atoms with Crippen molar-refractivity contribution >= 4 is 94.6 Å². The van der Waals surface area contributed by atoms with E-state index in [4.69, 9.17) is 68.2 Å². The number of benzene rings is 3. The molecule has 0 amide bonds. The topological polar surface area (TPSA) is 538 Å². The van der Waals surface area contributed by atoms with Crippen molar-refractivity contribution in [3.05, 3.63) is 106 Å². The first-order chi connectivity index (χ1) is 52.3. The van der Waals surface area contributed by atoms with Crippen molar-refractivity contribution in [1.82, 2.24) is 0 Å². The van der Waals surface area contributed by atoms with Crippen LogP contribution in [0.2, 0.25) is 0 Å². The molecule has 626 valence electrons. The molecule has 0 aliphatic carbocycles. The second-order valence-electron chi connectivity index (χ2n) is 27.7. The Labute approximate surface area is 649 Å². The van der Waals surface area contributed by atoms with Crippen molar-refractivity contribution in [3.63, 3.8) is 0 Å². The molecule has 0 aliphatic heterocycles. The Hall–Kier alpha value is -10.1. The van der Waals surface area contributed by atoms with Crippen LogP contribution in [0, 0.1) is 27.1 Å². The molecular formula is C78H110O34. The second-order valence-corrected chi connectivity index (χ2v) is 27.7. The summed E-state index contributed by atoms with van der Waals surface area (Å²) >= 11 is 0. The lowest BCUT2D eigenvalue weighted by molar-refractivity contribution is -0.160. The van der Waals surface area contributed by atoms with Gasteiger partial charge < -0.3 is 88.6 Å². The molecule has 3 rings (SSSR count). The van der Waals surface area contributed by atoms with Crippen LogP contribution in [-0.2, 0) is 90.6 Å². The molecule has 0 aliphatic rings. The fourth-order valence-electron chi connectivity index (χ4n) is 8.35. The molecule has 0 aromatic heterocycles. The maximum absolute atomic E-state index is 13.1. The summed E-state index contributed by atoms with van der Waals surface area (Å²) in [7, 11) is 0. The largest absolute Gasteiger partial charge is 0.478 e. The molecule has 0 fully saturated rings. The molecule has 3 aromatic rings. The van der Waals surface area contributed by atoms with Crippen molar-refractivity contribution in [1.29, 1.82) is 0 Å². The third kappa shape index (κ3) is 41.8. The third-order valence-corrected chi connectivity index (χ3v) is 16.7. The predicted molar refractivity (Wildman–Crippen MR) is 394 cm³/mol. The van der Waals surface area contributed by atoms with Gasteiger partial charge in [0.2, 0.25) is 0 Å². The average Bonchev–Trinajstić information content (AvgIpc) is 0.839. The molecule has 0 unspecified atom stereocenters. The standard InChI is InChI=1S/C36H46O16.C20H30O8.C8H6O4.C8H14O3.C6H14O3/c1-7-35(17-47-29(41)12-23(3)37,18-48-30(42)13-24(4)38)21-51-33(45)27-10-9-11-28(16-27)34(46)52-22-36(8-2,19-49-31(43)14-25(5)39)20-50-32(44)15-26(6)40;1-3-19(9-21,10-22)13-27-17(25)15-6-5-7-16(8-15)18(26)28-14-20(4-2,11-23)12-24;9-7(10)5-2-1-3-6(4-5)8(11)12;1-6(9)5-7(10)11-8(2,3)4;1-2-6(3-7,4-8)5-9/h9-11,16H,7-8,12-15,17-22H2,1-6H3;5-8,21-24H,3-4,9-14H2,1-2H3;1-4H,(H,9,10)(H,11,12);5H2,1-4H3;7-9H,2-5H2,1H3. The molecule has 0 saturated heterocycles. The minimum absolute atomic E-state index is 0.0186. The SMILES string of the molecule is CC(=O)CC(=O)OC(C)(C)C.CCC(CO)(CO)CO.CCC(CO)(CO)COC(=O)c1cccc(C(=O)OCC(CC)(CO)CO)c1.CCC(COC(=O)CC(C)=O)(COC(=O)CC(C)=O)COC(=O)c1cccc(C(=O)OCC(CC)(COC(=O)CC(C)=O)COC(=O)CC(C)=O)c1.O=C(O)c1cccc(C(=O)O)c1.